The predicted octanol–water partition coefficient (Wildman–Crippen LogP) is 1.91. The summed E-state index contributed by atoms with van der Waals surface area (Å²) in [4.78, 5) is 0. The van der Waals surface area contributed by atoms with Gasteiger partial charge in [-0.1, -0.05) is 24.3 Å². The van der Waals surface area contributed by atoms with E-state index < -0.39 is 0 Å². The van der Waals surface area contributed by atoms with Crippen LogP contribution in [0, 0.1) is 0 Å². The number of hydroxylamine groups is 1. The molecule has 2 rings (SSSR count). The number of benzene rings is 1. The average Bonchev–Trinajstić information content (AvgIpc) is 2.39. The maximum Gasteiger partial charge on any atom is 0.0326 e. The van der Waals surface area contributed by atoms with Gasteiger partial charge in [-0.05, 0) is 36.8 Å². The van der Waals surface area contributed by atoms with Crippen molar-refractivity contribution in [1.29, 1.82) is 0 Å². The van der Waals surface area contributed by atoms with Crippen molar-refractivity contribution in [3.8, 4) is 0 Å². The van der Waals surface area contributed by atoms with E-state index >= 15 is 0 Å². The van der Waals surface area contributed by atoms with Crippen molar-refractivity contribution in [2.24, 2.45) is 0 Å². The Morgan fingerprint density at radius 1 is 1.08 bits per heavy atom. The van der Waals surface area contributed by atoms with Gasteiger partial charge in [-0.15, -0.1) is 0 Å². The lowest BCUT2D eigenvalue weighted by molar-refractivity contribution is 0.119. The highest BCUT2D eigenvalue weighted by Gasteiger charge is 2.14. The fraction of sp³-hybridized carbons (Fsp3) is 0.455. The van der Waals surface area contributed by atoms with E-state index in [4.69, 9.17) is 5.21 Å². The van der Waals surface area contributed by atoms with E-state index in [9.17, 15) is 0 Å². The minimum Gasteiger partial charge on any atom is -0.317 e. The van der Waals surface area contributed by atoms with Gasteiger partial charge in [0.2, 0.25) is 0 Å². The average molecular weight is 177 g/mol. The maximum absolute atomic E-state index is 8.85. The second-order valence-electron chi connectivity index (χ2n) is 3.67. The Hall–Kier alpha value is -0.860. The normalized spacial score (nSPS) is 17.9. The van der Waals surface area contributed by atoms with Crippen molar-refractivity contribution in [2.45, 2.75) is 31.7 Å². The van der Waals surface area contributed by atoms with Crippen molar-refractivity contribution in [3.63, 3.8) is 0 Å². The van der Waals surface area contributed by atoms with Crippen molar-refractivity contribution in [3.05, 3.63) is 35.4 Å². The molecule has 70 valence electrons. The molecule has 0 aliphatic heterocycles. The van der Waals surface area contributed by atoms with Crippen LogP contribution in [0.5, 0.6) is 0 Å². The largest absolute Gasteiger partial charge is 0.317 e. The second-order valence-corrected chi connectivity index (χ2v) is 3.67. The van der Waals surface area contributed by atoms with Gasteiger partial charge in [0.05, 0.1) is 0 Å². The Bertz CT molecular complexity index is 258. The first-order chi connectivity index (χ1) is 6.40. The third-order valence-electron chi connectivity index (χ3n) is 2.83. The summed E-state index contributed by atoms with van der Waals surface area (Å²) in [5, 5.41) is 8.85. The number of nitrogens with one attached hydrogen (secondary N) is 1. The topological polar surface area (TPSA) is 32.3 Å². The third kappa shape index (κ3) is 1.90. The molecule has 0 unspecified atom stereocenters. The van der Waals surface area contributed by atoms with E-state index in [2.05, 4.69) is 29.7 Å². The molecule has 2 heteroatoms. The molecule has 13 heavy (non-hydrogen) atoms. The fourth-order valence-corrected chi connectivity index (χ4v) is 1.98. The zero-order valence-corrected chi connectivity index (χ0v) is 7.66. The first-order valence-corrected chi connectivity index (χ1v) is 4.86. The highest BCUT2D eigenvalue weighted by molar-refractivity contribution is 5.28. The van der Waals surface area contributed by atoms with Gasteiger partial charge in [0.25, 0.3) is 0 Å². The van der Waals surface area contributed by atoms with Crippen LogP contribution in [0.2, 0.25) is 0 Å². The van der Waals surface area contributed by atoms with E-state index in [1.54, 1.807) is 0 Å². The molecule has 0 spiro atoms. The summed E-state index contributed by atoms with van der Waals surface area (Å²) in [6, 6.07) is 8.83. The van der Waals surface area contributed by atoms with Gasteiger partial charge < -0.3 is 5.21 Å². The fourth-order valence-electron chi connectivity index (χ4n) is 1.98. The minimum atomic E-state index is 0.271. The molecule has 0 saturated heterocycles. The van der Waals surface area contributed by atoms with E-state index in [1.165, 1.54) is 11.1 Å². The molecule has 1 aliphatic carbocycles. The molecule has 1 aliphatic rings. The minimum absolute atomic E-state index is 0.271. The van der Waals surface area contributed by atoms with Crippen molar-refractivity contribution in [2.75, 3.05) is 0 Å². The van der Waals surface area contributed by atoms with Crippen LogP contribution >= 0.6 is 0 Å². The van der Waals surface area contributed by atoms with E-state index in [0.29, 0.717) is 0 Å². The Labute approximate surface area is 78.5 Å². The lowest BCUT2D eigenvalue weighted by atomic mass is 10.0. The molecule has 0 radical (unpaired) electrons. The smallest absolute Gasteiger partial charge is 0.0326 e. The molecule has 0 aromatic heterocycles. The van der Waals surface area contributed by atoms with E-state index in [-0.39, 0.29) is 6.04 Å². The van der Waals surface area contributed by atoms with Crippen LogP contribution < -0.4 is 5.48 Å². The van der Waals surface area contributed by atoms with Gasteiger partial charge >= 0.3 is 0 Å². The lowest BCUT2D eigenvalue weighted by Crippen LogP contribution is -2.25. The molecule has 0 heterocycles. The molecule has 2 nitrogen and oxygen atoms in total. The molecule has 0 bridgehead atoms. The highest BCUT2D eigenvalue weighted by Crippen LogP contribution is 2.19. The van der Waals surface area contributed by atoms with Gasteiger partial charge in [0, 0.05) is 6.04 Å². The predicted molar refractivity (Wildman–Crippen MR) is 51.8 cm³/mol. The summed E-state index contributed by atoms with van der Waals surface area (Å²) in [5.41, 5.74) is 5.27. The summed E-state index contributed by atoms with van der Waals surface area (Å²) >= 11 is 0. The van der Waals surface area contributed by atoms with Gasteiger partial charge in [0.1, 0.15) is 0 Å². The molecule has 0 saturated carbocycles. The zero-order valence-electron chi connectivity index (χ0n) is 7.66. The van der Waals surface area contributed by atoms with Crippen LogP contribution in [0.4, 0.5) is 0 Å². The molecular weight excluding hydrogens is 162 g/mol. The van der Waals surface area contributed by atoms with Gasteiger partial charge in [-0.25, -0.2) is 5.48 Å². The van der Waals surface area contributed by atoms with Gasteiger partial charge in [-0.3, -0.25) is 0 Å². The SMILES string of the molecule is ONC1CCc2ccccc2CC1. The Morgan fingerprint density at radius 2 is 1.62 bits per heavy atom. The monoisotopic (exact) mass is 177 g/mol. The highest BCUT2D eigenvalue weighted by atomic mass is 16.5. The van der Waals surface area contributed by atoms with Crippen LogP contribution in [-0.2, 0) is 12.8 Å². The number of hydrogen-bond donors (Lipinski definition) is 2. The van der Waals surface area contributed by atoms with Crippen molar-refractivity contribution < 1.29 is 5.21 Å². The third-order valence-corrected chi connectivity index (χ3v) is 2.83. The summed E-state index contributed by atoms with van der Waals surface area (Å²) in [6.07, 6.45) is 4.23. The Morgan fingerprint density at radius 3 is 2.08 bits per heavy atom. The summed E-state index contributed by atoms with van der Waals surface area (Å²) in [7, 11) is 0. The molecule has 1 aromatic carbocycles. The van der Waals surface area contributed by atoms with Crippen LogP contribution in [0.25, 0.3) is 0 Å². The number of rotatable bonds is 1. The lowest BCUT2D eigenvalue weighted by Gasteiger charge is -2.09. The first-order valence-electron chi connectivity index (χ1n) is 4.86. The standard InChI is InChI=1S/C11H15NO/c13-12-11-7-5-9-3-1-2-4-10(9)6-8-11/h1-4,11-13H,5-8H2. The zero-order chi connectivity index (χ0) is 9.10. The molecular formula is C11H15NO. The molecule has 0 atom stereocenters. The maximum atomic E-state index is 8.85. The molecule has 0 fully saturated rings. The van der Waals surface area contributed by atoms with Gasteiger partial charge in [0.15, 0.2) is 0 Å². The van der Waals surface area contributed by atoms with E-state index in [0.717, 1.165) is 25.7 Å². The number of hydrogen-bond acceptors (Lipinski definition) is 2. The Balaban J connectivity index is 2.17. The van der Waals surface area contributed by atoms with Crippen molar-refractivity contribution >= 4 is 0 Å². The summed E-state index contributed by atoms with van der Waals surface area (Å²) < 4.78 is 0. The quantitative estimate of drug-likeness (QED) is 0.507. The van der Waals surface area contributed by atoms with Crippen LogP contribution in [0.1, 0.15) is 24.0 Å². The second kappa shape index (κ2) is 3.90. The summed E-state index contributed by atoms with van der Waals surface area (Å²) in [5.74, 6) is 0. The molecule has 1 aromatic rings. The number of aryl methyl sites for hydroxylation is 2. The van der Waals surface area contributed by atoms with Gasteiger partial charge in [-0.2, -0.15) is 0 Å². The van der Waals surface area contributed by atoms with Crippen LogP contribution in [0.15, 0.2) is 24.3 Å². The summed E-state index contributed by atoms with van der Waals surface area (Å²) in [6.45, 7) is 0. The van der Waals surface area contributed by atoms with E-state index in [1.807, 2.05) is 0 Å². The molecule has 0 amide bonds. The van der Waals surface area contributed by atoms with Crippen LogP contribution in [-0.4, -0.2) is 11.2 Å². The molecule has 2 N–H and O–H groups in total. The van der Waals surface area contributed by atoms with Crippen LogP contribution in [0.3, 0.4) is 0 Å². The van der Waals surface area contributed by atoms with Crippen molar-refractivity contribution in [1.82, 2.24) is 5.48 Å². The Kier molecular flexibility index (Phi) is 2.62. The number of fused-ring (bicyclic) bond motifs is 1. The first kappa shape index (κ1) is 8.73.